The van der Waals surface area contributed by atoms with Crippen LogP contribution in [0, 0.1) is 5.92 Å². The maximum Gasteiger partial charge on any atom is 0.305 e. The second kappa shape index (κ2) is 10.3. The van der Waals surface area contributed by atoms with Crippen molar-refractivity contribution in [2.75, 3.05) is 19.1 Å². The third kappa shape index (κ3) is 4.49. The van der Waals surface area contributed by atoms with E-state index in [1.807, 2.05) is 48.5 Å². The van der Waals surface area contributed by atoms with Gasteiger partial charge in [0.25, 0.3) is 0 Å². The number of hydrogen-bond donors (Lipinski definition) is 1. The predicted molar refractivity (Wildman–Crippen MR) is 149 cm³/mol. The summed E-state index contributed by atoms with van der Waals surface area (Å²) in [6.07, 6.45) is 0. The monoisotopic (exact) mass is 560 g/mol. The lowest BCUT2D eigenvalue weighted by atomic mass is 9.83. The summed E-state index contributed by atoms with van der Waals surface area (Å²) in [4.78, 5) is 44.5. The summed E-state index contributed by atoms with van der Waals surface area (Å²) >= 11 is 2.32. The van der Waals surface area contributed by atoms with Gasteiger partial charge in [-0.15, -0.1) is 0 Å². The molecule has 1 fully saturated rings. The normalized spacial score (nSPS) is 19.9. The molecule has 2 aliphatic heterocycles. The average Bonchev–Trinajstić information content (AvgIpc) is 3.46. The smallest absolute Gasteiger partial charge is 0.305 e. The molecule has 0 aliphatic carbocycles. The summed E-state index contributed by atoms with van der Waals surface area (Å²) in [5.41, 5.74) is 2.27. The molecule has 1 N–H and O–H groups in total. The van der Waals surface area contributed by atoms with E-state index in [1.54, 1.807) is 38.5 Å². The number of nitrogens with one attached hydrogen (secondary N) is 1. The van der Waals surface area contributed by atoms with Crippen LogP contribution in [0.5, 0.6) is 17.2 Å². The van der Waals surface area contributed by atoms with Crippen molar-refractivity contribution in [1.82, 2.24) is 4.98 Å². The molecule has 1 saturated heterocycles. The molecule has 10 heteroatoms. The molecule has 3 heterocycles. The minimum Gasteiger partial charge on any atom is -0.497 e. The summed E-state index contributed by atoms with van der Waals surface area (Å²) in [6.45, 7) is 0.370. The van der Waals surface area contributed by atoms with Gasteiger partial charge < -0.3 is 19.2 Å². The average molecular weight is 561 g/mol. The maximum atomic E-state index is 13.9. The Hall–Kier alpha value is -4.02. The van der Waals surface area contributed by atoms with Gasteiger partial charge in [0.15, 0.2) is 11.5 Å². The van der Waals surface area contributed by atoms with Crippen LogP contribution in [-0.4, -0.2) is 36.3 Å². The molecule has 1 aromatic heterocycles. The van der Waals surface area contributed by atoms with Gasteiger partial charge in [-0.2, -0.15) is 0 Å². The minimum absolute atomic E-state index is 0.223. The Bertz CT molecular complexity index is 1600. The van der Waals surface area contributed by atoms with Gasteiger partial charge in [0, 0.05) is 10.8 Å². The van der Waals surface area contributed by atoms with Gasteiger partial charge >= 0.3 is 4.87 Å². The number of carbonyl (C=O) groups is 2. The first-order chi connectivity index (χ1) is 19.0. The van der Waals surface area contributed by atoms with Gasteiger partial charge in [0.05, 0.1) is 30.9 Å². The van der Waals surface area contributed by atoms with E-state index < -0.39 is 17.1 Å². The Morgan fingerprint density at radius 3 is 2.36 bits per heavy atom. The number of methoxy groups -OCH3 is 2. The number of H-pyrrole nitrogens is 1. The molecule has 0 bridgehead atoms. The number of hydrogen-bond acceptors (Lipinski definition) is 8. The molecule has 6 rings (SSSR count). The lowest BCUT2D eigenvalue weighted by Crippen LogP contribution is -2.32. The van der Waals surface area contributed by atoms with E-state index in [4.69, 9.17) is 14.2 Å². The number of nitrogens with zero attached hydrogens (tertiary/aromatic N) is 1. The lowest BCUT2D eigenvalue weighted by Gasteiger charge is -2.30. The molecule has 0 spiro atoms. The number of thiazole rings is 1. The van der Waals surface area contributed by atoms with Gasteiger partial charge in [0.2, 0.25) is 11.8 Å². The highest BCUT2D eigenvalue weighted by atomic mass is 32.2. The first-order valence-electron chi connectivity index (χ1n) is 12.2. The Kier molecular flexibility index (Phi) is 6.66. The second-order valence-corrected chi connectivity index (χ2v) is 11.3. The Balaban J connectivity index is 1.37. The number of rotatable bonds is 7. The van der Waals surface area contributed by atoms with Crippen LogP contribution < -0.4 is 24.0 Å². The number of benzene rings is 3. The Morgan fingerprint density at radius 2 is 1.64 bits per heavy atom. The highest BCUT2D eigenvalue weighted by Gasteiger charge is 2.56. The number of aromatic amines is 1. The molecular formula is C29H24N2O6S2. The summed E-state index contributed by atoms with van der Waals surface area (Å²) in [5, 5.41) is -0.0558. The fourth-order valence-corrected chi connectivity index (χ4v) is 7.61. The highest BCUT2D eigenvalue weighted by molar-refractivity contribution is 8.00. The third-order valence-corrected chi connectivity index (χ3v) is 9.34. The van der Waals surface area contributed by atoms with Gasteiger partial charge in [-0.05, 0) is 47.5 Å². The van der Waals surface area contributed by atoms with E-state index in [0.717, 1.165) is 27.3 Å². The van der Waals surface area contributed by atoms with Crippen molar-refractivity contribution in [3.63, 3.8) is 0 Å². The van der Waals surface area contributed by atoms with Crippen molar-refractivity contribution in [2.45, 2.75) is 22.8 Å². The van der Waals surface area contributed by atoms with Crippen LogP contribution in [0.4, 0.5) is 5.69 Å². The molecule has 198 valence electrons. The fraction of sp³-hybridized carbons (Fsp3) is 0.207. The molecule has 39 heavy (non-hydrogen) atoms. The Morgan fingerprint density at radius 1 is 0.872 bits per heavy atom. The molecule has 3 atom stereocenters. The van der Waals surface area contributed by atoms with E-state index in [1.165, 1.54) is 16.7 Å². The largest absolute Gasteiger partial charge is 0.497 e. The first-order valence-corrected chi connectivity index (χ1v) is 13.9. The maximum absolute atomic E-state index is 13.9. The van der Waals surface area contributed by atoms with Crippen molar-refractivity contribution >= 4 is 40.6 Å². The minimum atomic E-state index is -0.690. The van der Waals surface area contributed by atoms with Gasteiger partial charge in [-0.3, -0.25) is 14.4 Å². The van der Waals surface area contributed by atoms with Crippen molar-refractivity contribution in [2.24, 2.45) is 5.92 Å². The lowest BCUT2D eigenvalue weighted by molar-refractivity contribution is -0.122. The van der Waals surface area contributed by atoms with Crippen LogP contribution in [-0.2, 0) is 16.2 Å². The standard InChI is InChI=1S/C29H24N2O6S2/c1-35-19-11-9-18(10-12-19)31-27(32)23-22(24-26(30-29(34)39-24)38-25(23)28(31)33)17-8-13-20(21(14-17)36-2)37-15-16-6-4-3-5-7-16/h3-14,22-23,25H,15H2,1-2H3,(H,30,34). The van der Waals surface area contributed by atoms with Crippen molar-refractivity contribution in [3.05, 3.63) is 98.5 Å². The topological polar surface area (TPSA) is 97.9 Å². The van der Waals surface area contributed by atoms with Crippen LogP contribution in [0.1, 0.15) is 21.9 Å². The highest BCUT2D eigenvalue weighted by Crippen LogP contribution is 2.53. The molecule has 3 aromatic carbocycles. The molecule has 0 radical (unpaired) electrons. The summed E-state index contributed by atoms with van der Waals surface area (Å²) in [7, 11) is 3.12. The number of imide groups is 1. The molecule has 3 unspecified atom stereocenters. The van der Waals surface area contributed by atoms with E-state index in [0.29, 0.717) is 34.6 Å². The summed E-state index contributed by atoms with van der Waals surface area (Å²) in [6, 6.07) is 22.2. The van der Waals surface area contributed by atoms with E-state index in [9.17, 15) is 14.4 Å². The molecular weight excluding hydrogens is 536 g/mol. The van der Waals surface area contributed by atoms with Crippen LogP contribution in [0.15, 0.2) is 82.6 Å². The second-order valence-electron chi connectivity index (χ2n) is 9.14. The van der Waals surface area contributed by atoms with Crippen LogP contribution >= 0.6 is 23.1 Å². The van der Waals surface area contributed by atoms with Gasteiger partial charge in [0.1, 0.15) is 17.6 Å². The van der Waals surface area contributed by atoms with Crippen molar-refractivity contribution in [1.29, 1.82) is 0 Å². The van der Waals surface area contributed by atoms with Crippen molar-refractivity contribution < 1.29 is 23.8 Å². The summed E-state index contributed by atoms with van der Waals surface area (Å²) in [5.74, 6) is -0.116. The van der Waals surface area contributed by atoms with E-state index in [2.05, 4.69) is 4.98 Å². The molecule has 2 aliphatic rings. The van der Waals surface area contributed by atoms with Crippen LogP contribution in [0.2, 0.25) is 0 Å². The van der Waals surface area contributed by atoms with Crippen LogP contribution in [0.25, 0.3) is 0 Å². The van der Waals surface area contributed by atoms with Gasteiger partial charge in [-0.1, -0.05) is 59.5 Å². The molecule has 8 nitrogen and oxygen atoms in total. The number of thioether (sulfide) groups is 1. The molecule has 4 aromatic rings. The fourth-order valence-electron chi connectivity index (χ4n) is 5.09. The SMILES string of the molecule is COc1ccc(N2C(=O)C3Sc4[nH]c(=O)sc4C(c4ccc(OCc5ccccc5)c(OC)c4)C3C2=O)cc1. The predicted octanol–water partition coefficient (Wildman–Crippen LogP) is 4.83. The number of amides is 2. The van der Waals surface area contributed by atoms with Crippen molar-refractivity contribution in [3.8, 4) is 17.2 Å². The van der Waals surface area contributed by atoms with E-state index in [-0.39, 0.29) is 16.7 Å². The quantitative estimate of drug-likeness (QED) is 0.324. The molecule has 2 amide bonds. The zero-order chi connectivity index (χ0) is 27.1. The number of aromatic nitrogens is 1. The number of anilines is 1. The third-order valence-electron chi connectivity index (χ3n) is 6.94. The van der Waals surface area contributed by atoms with Crippen LogP contribution in [0.3, 0.4) is 0 Å². The number of carbonyl (C=O) groups excluding carboxylic acids is 2. The van der Waals surface area contributed by atoms with Gasteiger partial charge in [-0.25, -0.2) is 4.90 Å². The number of ether oxygens (including phenoxy) is 3. The zero-order valence-electron chi connectivity index (χ0n) is 21.1. The Labute approximate surface area is 232 Å². The zero-order valence-corrected chi connectivity index (χ0v) is 22.7. The number of fused-ring (bicyclic) bond motifs is 2. The molecule has 0 saturated carbocycles. The first kappa shape index (κ1) is 25.3. The summed E-state index contributed by atoms with van der Waals surface area (Å²) < 4.78 is 16.9. The van der Waals surface area contributed by atoms with E-state index >= 15 is 0 Å².